The average molecular weight is 221 g/mol. The molecular formula is C13H19NO2. The maximum Gasteiger partial charge on any atom is 0.121 e. The van der Waals surface area contributed by atoms with E-state index in [1.54, 1.807) is 0 Å². The van der Waals surface area contributed by atoms with E-state index in [9.17, 15) is 0 Å². The lowest BCUT2D eigenvalue weighted by molar-refractivity contribution is 0.0382. The smallest absolute Gasteiger partial charge is 0.121 e. The molecule has 0 aromatic heterocycles. The van der Waals surface area contributed by atoms with Gasteiger partial charge in [-0.3, -0.25) is 0 Å². The predicted octanol–water partition coefficient (Wildman–Crippen LogP) is 2.61. The van der Waals surface area contributed by atoms with Gasteiger partial charge >= 0.3 is 0 Å². The summed E-state index contributed by atoms with van der Waals surface area (Å²) in [4.78, 5) is 0. The quantitative estimate of drug-likeness (QED) is 0.614. The Labute approximate surface area is 96.5 Å². The molecular weight excluding hydrogens is 202 g/mol. The zero-order valence-electron chi connectivity index (χ0n) is 9.52. The van der Waals surface area contributed by atoms with Gasteiger partial charge in [0.15, 0.2) is 0 Å². The minimum Gasteiger partial charge on any atom is -0.491 e. The number of hydrogen-bond donors (Lipinski definition) is 1. The third kappa shape index (κ3) is 3.42. The van der Waals surface area contributed by atoms with Crippen molar-refractivity contribution in [3.05, 3.63) is 24.3 Å². The van der Waals surface area contributed by atoms with Crippen LogP contribution in [-0.2, 0) is 4.74 Å². The summed E-state index contributed by atoms with van der Waals surface area (Å²) in [5.74, 6) is 0.815. The molecule has 0 unspecified atom stereocenters. The Morgan fingerprint density at radius 2 is 2.00 bits per heavy atom. The number of ether oxygens (including phenoxy) is 2. The Morgan fingerprint density at radius 3 is 2.75 bits per heavy atom. The largest absolute Gasteiger partial charge is 0.491 e. The second-order valence-corrected chi connectivity index (χ2v) is 4.20. The molecule has 3 nitrogen and oxygen atoms in total. The monoisotopic (exact) mass is 221 g/mol. The van der Waals surface area contributed by atoms with Crippen LogP contribution in [0.25, 0.3) is 0 Å². The Hall–Kier alpha value is -1.22. The highest BCUT2D eigenvalue weighted by Gasteiger charge is 2.14. The third-order valence-corrected chi connectivity index (χ3v) is 2.87. The number of benzene rings is 1. The molecule has 1 aliphatic carbocycles. The second kappa shape index (κ2) is 5.75. The van der Waals surface area contributed by atoms with Crippen molar-refractivity contribution >= 4 is 5.69 Å². The van der Waals surface area contributed by atoms with E-state index in [0.29, 0.717) is 19.3 Å². The van der Waals surface area contributed by atoms with Crippen molar-refractivity contribution in [2.24, 2.45) is 0 Å². The van der Waals surface area contributed by atoms with E-state index >= 15 is 0 Å². The van der Waals surface area contributed by atoms with Gasteiger partial charge in [0.1, 0.15) is 12.4 Å². The first-order valence-electron chi connectivity index (χ1n) is 5.94. The molecule has 1 saturated carbocycles. The van der Waals surface area contributed by atoms with Gasteiger partial charge in [0.25, 0.3) is 0 Å². The molecule has 3 heteroatoms. The first-order chi connectivity index (χ1) is 7.84. The molecule has 2 rings (SSSR count). The number of nitrogens with two attached hydrogens (primary N) is 1. The summed E-state index contributed by atoms with van der Waals surface area (Å²) in [5, 5.41) is 0. The zero-order chi connectivity index (χ0) is 11.2. The van der Waals surface area contributed by atoms with E-state index < -0.39 is 0 Å². The number of rotatable bonds is 5. The van der Waals surface area contributed by atoms with Crippen molar-refractivity contribution < 1.29 is 9.47 Å². The number of nitrogen functional groups attached to an aromatic ring is 1. The van der Waals surface area contributed by atoms with Crippen LogP contribution in [0.15, 0.2) is 24.3 Å². The topological polar surface area (TPSA) is 44.5 Å². The van der Waals surface area contributed by atoms with Gasteiger partial charge in [-0.1, -0.05) is 18.9 Å². The van der Waals surface area contributed by atoms with Crippen LogP contribution < -0.4 is 10.5 Å². The molecule has 16 heavy (non-hydrogen) atoms. The lowest BCUT2D eigenvalue weighted by Crippen LogP contribution is -2.13. The molecule has 88 valence electrons. The summed E-state index contributed by atoms with van der Waals surface area (Å²) in [6.07, 6.45) is 5.49. The minimum atomic E-state index is 0.462. The second-order valence-electron chi connectivity index (χ2n) is 4.20. The maximum atomic E-state index is 5.70. The van der Waals surface area contributed by atoms with Crippen LogP contribution in [0.4, 0.5) is 5.69 Å². The Morgan fingerprint density at radius 1 is 1.19 bits per heavy atom. The molecule has 1 fully saturated rings. The lowest BCUT2D eigenvalue weighted by Gasteiger charge is -2.11. The molecule has 0 aliphatic heterocycles. The first-order valence-corrected chi connectivity index (χ1v) is 5.94. The van der Waals surface area contributed by atoms with Crippen LogP contribution in [0.2, 0.25) is 0 Å². The van der Waals surface area contributed by atoms with Gasteiger partial charge in [0.2, 0.25) is 0 Å². The van der Waals surface area contributed by atoms with Gasteiger partial charge < -0.3 is 15.2 Å². The van der Waals surface area contributed by atoms with Gasteiger partial charge in [-0.2, -0.15) is 0 Å². The van der Waals surface area contributed by atoms with Gasteiger partial charge in [0, 0.05) is 11.8 Å². The van der Waals surface area contributed by atoms with Crippen LogP contribution in [-0.4, -0.2) is 19.3 Å². The normalized spacial score (nSPS) is 16.5. The van der Waals surface area contributed by atoms with E-state index in [1.807, 2.05) is 24.3 Å². The molecule has 0 amide bonds. The Kier molecular flexibility index (Phi) is 4.05. The van der Waals surface area contributed by atoms with E-state index in [4.69, 9.17) is 15.2 Å². The molecule has 1 aromatic rings. The average Bonchev–Trinajstić information content (AvgIpc) is 2.77. The SMILES string of the molecule is Nc1cccc(OCCOC2CCCC2)c1. The summed E-state index contributed by atoms with van der Waals surface area (Å²) < 4.78 is 11.2. The lowest BCUT2D eigenvalue weighted by atomic mass is 10.3. The van der Waals surface area contributed by atoms with Crippen molar-refractivity contribution in [1.82, 2.24) is 0 Å². The van der Waals surface area contributed by atoms with Gasteiger partial charge in [-0.05, 0) is 25.0 Å². The first kappa shape index (κ1) is 11.3. The molecule has 0 spiro atoms. The number of anilines is 1. The third-order valence-electron chi connectivity index (χ3n) is 2.87. The molecule has 0 bridgehead atoms. The molecule has 0 atom stereocenters. The van der Waals surface area contributed by atoms with Crippen molar-refractivity contribution in [1.29, 1.82) is 0 Å². The molecule has 0 saturated heterocycles. The fourth-order valence-corrected chi connectivity index (χ4v) is 2.03. The molecule has 1 aromatic carbocycles. The van der Waals surface area contributed by atoms with Crippen molar-refractivity contribution in [2.45, 2.75) is 31.8 Å². The fourth-order valence-electron chi connectivity index (χ4n) is 2.03. The summed E-state index contributed by atoms with van der Waals surface area (Å²) >= 11 is 0. The Bertz CT molecular complexity index is 321. The van der Waals surface area contributed by atoms with E-state index in [-0.39, 0.29) is 0 Å². The van der Waals surface area contributed by atoms with Crippen molar-refractivity contribution in [3.63, 3.8) is 0 Å². The van der Waals surface area contributed by atoms with Crippen LogP contribution in [0.3, 0.4) is 0 Å². The summed E-state index contributed by atoms with van der Waals surface area (Å²) in [6, 6.07) is 7.48. The highest BCUT2D eigenvalue weighted by molar-refractivity contribution is 5.43. The summed E-state index contributed by atoms with van der Waals surface area (Å²) in [5.41, 5.74) is 6.38. The predicted molar refractivity (Wildman–Crippen MR) is 64.6 cm³/mol. The Balaban J connectivity index is 1.64. The van der Waals surface area contributed by atoms with Crippen LogP contribution in [0, 0.1) is 0 Å². The van der Waals surface area contributed by atoms with Crippen LogP contribution in [0.1, 0.15) is 25.7 Å². The zero-order valence-corrected chi connectivity index (χ0v) is 9.52. The highest BCUT2D eigenvalue weighted by Crippen LogP contribution is 2.20. The summed E-state index contributed by atoms with van der Waals surface area (Å²) in [6.45, 7) is 1.26. The van der Waals surface area contributed by atoms with E-state index in [1.165, 1.54) is 25.7 Å². The maximum absolute atomic E-state index is 5.70. The van der Waals surface area contributed by atoms with Gasteiger partial charge in [-0.15, -0.1) is 0 Å². The van der Waals surface area contributed by atoms with Crippen molar-refractivity contribution in [3.8, 4) is 5.75 Å². The molecule has 1 aliphatic rings. The van der Waals surface area contributed by atoms with Gasteiger partial charge in [-0.25, -0.2) is 0 Å². The van der Waals surface area contributed by atoms with Gasteiger partial charge in [0.05, 0.1) is 12.7 Å². The van der Waals surface area contributed by atoms with E-state index in [0.717, 1.165) is 11.4 Å². The van der Waals surface area contributed by atoms with E-state index in [2.05, 4.69) is 0 Å². The molecule has 0 heterocycles. The molecule has 0 radical (unpaired) electrons. The molecule has 2 N–H and O–H groups in total. The minimum absolute atomic E-state index is 0.462. The number of hydrogen-bond acceptors (Lipinski definition) is 3. The van der Waals surface area contributed by atoms with Crippen LogP contribution >= 0.6 is 0 Å². The standard InChI is InChI=1S/C13H19NO2/c14-11-4-3-7-13(10-11)16-9-8-15-12-5-1-2-6-12/h3-4,7,10,12H,1-2,5-6,8-9,14H2. The fraction of sp³-hybridized carbons (Fsp3) is 0.538. The highest BCUT2D eigenvalue weighted by atomic mass is 16.5. The van der Waals surface area contributed by atoms with Crippen molar-refractivity contribution in [2.75, 3.05) is 18.9 Å². The van der Waals surface area contributed by atoms with Crippen LogP contribution in [0.5, 0.6) is 5.75 Å². The summed E-state index contributed by atoms with van der Waals surface area (Å²) in [7, 11) is 0.